The Balaban J connectivity index is 1.60. The lowest BCUT2D eigenvalue weighted by Gasteiger charge is -2.19. The van der Waals surface area contributed by atoms with Gasteiger partial charge in [-0.2, -0.15) is 0 Å². The first-order valence-electron chi connectivity index (χ1n) is 9.15. The molecule has 1 amide bonds. The lowest BCUT2D eigenvalue weighted by molar-refractivity contribution is 0.0851. The lowest BCUT2D eigenvalue weighted by Crippen LogP contribution is -2.25. The van der Waals surface area contributed by atoms with Crippen LogP contribution < -0.4 is 0 Å². The number of fused-ring (bicyclic) bond motifs is 1. The maximum atomic E-state index is 12.9. The number of hydrogen-bond acceptors (Lipinski definition) is 2. The first-order chi connectivity index (χ1) is 13.2. The molecule has 0 saturated carbocycles. The number of phenolic OH excluding ortho intramolecular Hbond substituents is 1. The number of nitrogens with zero attached hydrogens (tertiary/aromatic N) is 1. The molecule has 0 atom stereocenters. The summed E-state index contributed by atoms with van der Waals surface area (Å²) >= 11 is 0. The highest BCUT2D eigenvalue weighted by Gasteiger charge is 2.31. The number of carbonyl (C=O) groups is 1. The molecule has 0 bridgehead atoms. The minimum absolute atomic E-state index is 0.0590. The zero-order valence-electron chi connectivity index (χ0n) is 15.0. The van der Waals surface area contributed by atoms with E-state index in [-0.39, 0.29) is 11.7 Å². The Hall–Kier alpha value is -3.33. The van der Waals surface area contributed by atoms with Crippen LogP contribution in [0.4, 0.5) is 0 Å². The molecular formula is C24H21NO2. The number of phenols is 1. The van der Waals surface area contributed by atoms with Crippen molar-refractivity contribution in [1.29, 1.82) is 0 Å². The third-order valence-electron chi connectivity index (χ3n) is 4.90. The molecule has 0 fully saturated rings. The molecule has 3 heteroatoms. The molecule has 0 saturated heterocycles. The van der Waals surface area contributed by atoms with Crippen molar-refractivity contribution in [2.45, 2.75) is 12.8 Å². The van der Waals surface area contributed by atoms with E-state index in [1.165, 1.54) is 5.56 Å². The highest BCUT2D eigenvalue weighted by molar-refractivity contribution is 6.09. The van der Waals surface area contributed by atoms with Gasteiger partial charge in [0.2, 0.25) is 0 Å². The number of hydrogen-bond donors (Lipinski definition) is 1. The maximum absolute atomic E-state index is 12.9. The Bertz CT molecular complexity index is 975. The molecule has 0 aliphatic carbocycles. The van der Waals surface area contributed by atoms with Crippen LogP contribution in [0.3, 0.4) is 0 Å². The minimum atomic E-state index is 0.0590. The van der Waals surface area contributed by atoms with Gasteiger partial charge in [0.05, 0.1) is 0 Å². The molecule has 3 aromatic carbocycles. The molecule has 0 spiro atoms. The number of rotatable bonds is 5. The van der Waals surface area contributed by atoms with Crippen molar-refractivity contribution in [3.63, 3.8) is 0 Å². The van der Waals surface area contributed by atoms with Crippen LogP contribution in [0.5, 0.6) is 5.75 Å². The van der Waals surface area contributed by atoms with Gasteiger partial charge in [0, 0.05) is 23.4 Å². The molecular weight excluding hydrogens is 334 g/mol. The standard InChI is InChI=1S/C24H21NO2/c26-20-13-10-19(11-14-20)16-17-25-23(15-12-18-6-2-1-3-7-18)21-8-4-5-9-22(21)24(25)27/h1-11,13-15,26H,12,16-17H2/b23-15+. The van der Waals surface area contributed by atoms with Gasteiger partial charge in [-0.1, -0.05) is 66.7 Å². The molecule has 1 heterocycles. The van der Waals surface area contributed by atoms with E-state index in [9.17, 15) is 9.90 Å². The van der Waals surface area contributed by atoms with Crippen molar-refractivity contribution >= 4 is 11.6 Å². The van der Waals surface area contributed by atoms with Gasteiger partial charge in [-0.05, 0) is 42.2 Å². The molecule has 0 radical (unpaired) electrons. The van der Waals surface area contributed by atoms with Gasteiger partial charge in [0.1, 0.15) is 5.75 Å². The summed E-state index contributed by atoms with van der Waals surface area (Å²) in [5.41, 5.74) is 5.07. The number of aromatic hydroxyl groups is 1. The first kappa shape index (κ1) is 17.1. The summed E-state index contributed by atoms with van der Waals surface area (Å²) in [4.78, 5) is 14.8. The van der Waals surface area contributed by atoms with Gasteiger partial charge < -0.3 is 10.0 Å². The van der Waals surface area contributed by atoms with E-state index in [1.807, 2.05) is 59.5 Å². The number of amides is 1. The van der Waals surface area contributed by atoms with E-state index in [0.717, 1.165) is 35.2 Å². The molecule has 1 aliphatic heterocycles. The SMILES string of the molecule is O=C1c2ccccc2/C(=C\Cc2ccccc2)N1CCc1ccc(O)cc1. The molecule has 27 heavy (non-hydrogen) atoms. The Labute approximate surface area is 159 Å². The molecule has 0 aromatic heterocycles. The molecule has 3 aromatic rings. The lowest BCUT2D eigenvalue weighted by atomic mass is 10.1. The Morgan fingerprint density at radius 3 is 2.19 bits per heavy atom. The Morgan fingerprint density at radius 2 is 1.44 bits per heavy atom. The van der Waals surface area contributed by atoms with Crippen LogP contribution in [0, 0.1) is 0 Å². The summed E-state index contributed by atoms with van der Waals surface area (Å²) in [5.74, 6) is 0.315. The molecule has 0 unspecified atom stereocenters. The summed E-state index contributed by atoms with van der Waals surface area (Å²) in [7, 11) is 0. The molecule has 1 aliphatic rings. The van der Waals surface area contributed by atoms with Crippen molar-refractivity contribution in [3.8, 4) is 5.75 Å². The van der Waals surface area contributed by atoms with Gasteiger partial charge in [0.15, 0.2) is 0 Å². The summed E-state index contributed by atoms with van der Waals surface area (Å²) in [6, 6.07) is 25.2. The Kier molecular flexibility index (Phi) is 4.75. The second-order valence-corrected chi connectivity index (χ2v) is 6.70. The zero-order chi connectivity index (χ0) is 18.6. The van der Waals surface area contributed by atoms with E-state index in [0.29, 0.717) is 6.54 Å². The zero-order valence-corrected chi connectivity index (χ0v) is 15.0. The van der Waals surface area contributed by atoms with Gasteiger partial charge in [-0.25, -0.2) is 0 Å². The van der Waals surface area contributed by atoms with Crippen molar-refractivity contribution in [3.05, 3.63) is 107 Å². The van der Waals surface area contributed by atoms with Crippen LogP contribution >= 0.6 is 0 Å². The minimum Gasteiger partial charge on any atom is -0.508 e. The fraction of sp³-hybridized carbons (Fsp3) is 0.125. The molecule has 1 N–H and O–H groups in total. The van der Waals surface area contributed by atoms with E-state index in [4.69, 9.17) is 0 Å². The fourth-order valence-corrected chi connectivity index (χ4v) is 3.47. The van der Waals surface area contributed by atoms with Crippen LogP contribution in [-0.4, -0.2) is 22.5 Å². The van der Waals surface area contributed by atoms with Gasteiger partial charge >= 0.3 is 0 Å². The van der Waals surface area contributed by atoms with Crippen molar-refractivity contribution in [2.24, 2.45) is 0 Å². The quantitative estimate of drug-likeness (QED) is 0.722. The summed E-state index contributed by atoms with van der Waals surface area (Å²) in [6.07, 6.45) is 3.67. The van der Waals surface area contributed by atoms with Crippen LogP contribution in [0.15, 0.2) is 84.9 Å². The largest absolute Gasteiger partial charge is 0.508 e. The van der Waals surface area contributed by atoms with Crippen LogP contribution in [-0.2, 0) is 12.8 Å². The third kappa shape index (κ3) is 3.63. The van der Waals surface area contributed by atoms with Gasteiger partial charge in [-0.3, -0.25) is 4.79 Å². The molecule has 134 valence electrons. The summed E-state index contributed by atoms with van der Waals surface area (Å²) in [5, 5.41) is 9.44. The van der Waals surface area contributed by atoms with Crippen LogP contribution in [0.1, 0.15) is 27.0 Å². The summed E-state index contributed by atoms with van der Waals surface area (Å²) in [6.45, 7) is 0.610. The first-order valence-corrected chi connectivity index (χ1v) is 9.15. The van der Waals surface area contributed by atoms with E-state index in [2.05, 4.69) is 18.2 Å². The topological polar surface area (TPSA) is 40.5 Å². The van der Waals surface area contributed by atoms with E-state index in [1.54, 1.807) is 12.1 Å². The highest BCUT2D eigenvalue weighted by atomic mass is 16.3. The van der Waals surface area contributed by atoms with E-state index >= 15 is 0 Å². The average Bonchev–Trinajstić information content (AvgIpc) is 2.98. The van der Waals surface area contributed by atoms with Crippen molar-refractivity contribution < 1.29 is 9.90 Å². The smallest absolute Gasteiger partial charge is 0.258 e. The number of benzene rings is 3. The summed E-state index contributed by atoms with van der Waals surface area (Å²) < 4.78 is 0. The predicted molar refractivity (Wildman–Crippen MR) is 107 cm³/mol. The van der Waals surface area contributed by atoms with Crippen LogP contribution in [0.25, 0.3) is 5.70 Å². The maximum Gasteiger partial charge on any atom is 0.258 e. The molecule has 3 nitrogen and oxygen atoms in total. The second-order valence-electron chi connectivity index (χ2n) is 6.70. The highest BCUT2D eigenvalue weighted by Crippen LogP contribution is 2.33. The Morgan fingerprint density at radius 1 is 0.778 bits per heavy atom. The average molecular weight is 355 g/mol. The van der Waals surface area contributed by atoms with Gasteiger partial charge in [0.25, 0.3) is 5.91 Å². The third-order valence-corrected chi connectivity index (χ3v) is 4.90. The van der Waals surface area contributed by atoms with E-state index < -0.39 is 0 Å². The van der Waals surface area contributed by atoms with Crippen molar-refractivity contribution in [1.82, 2.24) is 4.90 Å². The predicted octanol–water partition coefficient (Wildman–Crippen LogP) is 4.67. The number of carbonyl (C=O) groups excluding carboxylic acids is 1. The number of allylic oxidation sites excluding steroid dienone is 1. The monoisotopic (exact) mass is 355 g/mol. The van der Waals surface area contributed by atoms with Crippen molar-refractivity contribution in [2.75, 3.05) is 6.54 Å². The van der Waals surface area contributed by atoms with Crippen LogP contribution in [0.2, 0.25) is 0 Å². The normalized spacial score (nSPS) is 14.6. The van der Waals surface area contributed by atoms with Gasteiger partial charge in [-0.15, -0.1) is 0 Å². The fourth-order valence-electron chi connectivity index (χ4n) is 3.47. The second kappa shape index (κ2) is 7.50. The molecule has 4 rings (SSSR count).